The molecule has 0 atom stereocenters. The summed E-state index contributed by atoms with van der Waals surface area (Å²) >= 11 is 0. The SMILES string of the molecule is COCn1cc(C(C)C)c(=O)[nH]c1=O. The number of rotatable bonds is 3. The molecule has 0 bridgehead atoms. The molecule has 0 aliphatic rings. The molecule has 5 heteroatoms. The van der Waals surface area contributed by atoms with Gasteiger partial charge in [-0.1, -0.05) is 13.8 Å². The standard InChI is InChI=1S/C9H14N2O3/c1-6(2)7-4-11(5-14-3)9(13)10-8(7)12/h4,6H,5H2,1-3H3,(H,10,12,13). The van der Waals surface area contributed by atoms with E-state index >= 15 is 0 Å². The molecule has 0 spiro atoms. The van der Waals surface area contributed by atoms with E-state index in [-0.39, 0.29) is 18.2 Å². The van der Waals surface area contributed by atoms with E-state index in [1.807, 2.05) is 13.8 Å². The van der Waals surface area contributed by atoms with Crippen molar-refractivity contribution in [3.63, 3.8) is 0 Å². The normalized spacial score (nSPS) is 10.9. The maximum absolute atomic E-state index is 11.3. The van der Waals surface area contributed by atoms with Gasteiger partial charge < -0.3 is 4.74 Å². The third-order valence-electron chi connectivity index (χ3n) is 1.93. The van der Waals surface area contributed by atoms with Crippen LogP contribution in [0.3, 0.4) is 0 Å². The average Bonchev–Trinajstić information content (AvgIpc) is 2.09. The first kappa shape index (κ1) is 10.7. The zero-order valence-electron chi connectivity index (χ0n) is 8.53. The molecule has 0 fully saturated rings. The Hall–Kier alpha value is -1.36. The Bertz CT molecular complexity index is 417. The van der Waals surface area contributed by atoms with Gasteiger partial charge >= 0.3 is 5.69 Å². The second kappa shape index (κ2) is 4.23. The number of aromatic amines is 1. The van der Waals surface area contributed by atoms with Crippen LogP contribution >= 0.6 is 0 Å². The summed E-state index contributed by atoms with van der Waals surface area (Å²) < 4.78 is 6.15. The molecule has 14 heavy (non-hydrogen) atoms. The van der Waals surface area contributed by atoms with Crippen LogP contribution in [0.1, 0.15) is 25.3 Å². The van der Waals surface area contributed by atoms with Crippen LogP contribution in [-0.2, 0) is 11.5 Å². The van der Waals surface area contributed by atoms with Crippen LogP contribution in [0.25, 0.3) is 0 Å². The van der Waals surface area contributed by atoms with Gasteiger partial charge in [0, 0.05) is 18.9 Å². The van der Waals surface area contributed by atoms with Crippen molar-refractivity contribution in [2.24, 2.45) is 0 Å². The van der Waals surface area contributed by atoms with E-state index in [1.54, 1.807) is 0 Å². The number of hydrogen-bond donors (Lipinski definition) is 1. The quantitative estimate of drug-likeness (QED) is 0.757. The topological polar surface area (TPSA) is 64.1 Å². The third-order valence-corrected chi connectivity index (χ3v) is 1.93. The molecule has 1 rings (SSSR count). The fourth-order valence-electron chi connectivity index (χ4n) is 1.17. The minimum Gasteiger partial charge on any atom is -0.364 e. The molecule has 0 saturated heterocycles. The van der Waals surface area contributed by atoms with Gasteiger partial charge in [0.1, 0.15) is 6.73 Å². The molecule has 1 N–H and O–H groups in total. The van der Waals surface area contributed by atoms with Gasteiger partial charge in [0.25, 0.3) is 5.56 Å². The molecule has 1 heterocycles. The van der Waals surface area contributed by atoms with Crippen LogP contribution in [0, 0.1) is 0 Å². The van der Waals surface area contributed by atoms with E-state index in [0.717, 1.165) is 0 Å². The van der Waals surface area contributed by atoms with Crippen molar-refractivity contribution < 1.29 is 4.74 Å². The molecule has 78 valence electrons. The maximum Gasteiger partial charge on any atom is 0.330 e. The van der Waals surface area contributed by atoms with Crippen molar-refractivity contribution in [2.45, 2.75) is 26.5 Å². The molecule has 0 aromatic carbocycles. The van der Waals surface area contributed by atoms with Crippen molar-refractivity contribution >= 4 is 0 Å². The van der Waals surface area contributed by atoms with Gasteiger partial charge in [-0.05, 0) is 5.92 Å². The molecule has 0 saturated carbocycles. The Morgan fingerprint density at radius 3 is 2.64 bits per heavy atom. The number of nitrogens with zero attached hydrogens (tertiary/aromatic N) is 1. The fourth-order valence-corrected chi connectivity index (χ4v) is 1.17. The van der Waals surface area contributed by atoms with Crippen molar-refractivity contribution in [3.05, 3.63) is 32.6 Å². The van der Waals surface area contributed by atoms with Crippen LogP contribution in [0.5, 0.6) is 0 Å². The van der Waals surface area contributed by atoms with Gasteiger partial charge in [-0.3, -0.25) is 14.3 Å². The summed E-state index contributed by atoms with van der Waals surface area (Å²) in [6, 6.07) is 0. The Balaban J connectivity index is 3.27. The lowest BCUT2D eigenvalue weighted by Gasteiger charge is -2.07. The summed E-state index contributed by atoms with van der Waals surface area (Å²) in [5.41, 5.74) is -0.180. The predicted octanol–water partition coefficient (Wildman–Crippen LogP) is 0.264. The first-order chi connectivity index (χ1) is 6.56. The Morgan fingerprint density at radius 2 is 2.14 bits per heavy atom. The highest BCUT2D eigenvalue weighted by Crippen LogP contribution is 2.06. The zero-order valence-corrected chi connectivity index (χ0v) is 8.53. The molecule has 1 aromatic rings. The van der Waals surface area contributed by atoms with Crippen LogP contribution < -0.4 is 11.2 Å². The number of aromatic nitrogens is 2. The van der Waals surface area contributed by atoms with E-state index in [1.165, 1.54) is 17.9 Å². The van der Waals surface area contributed by atoms with E-state index in [0.29, 0.717) is 5.56 Å². The van der Waals surface area contributed by atoms with Crippen molar-refractivity contribution in [1.29, 1.82) is 0 Å². The molecule has 5 nitrogen and oxygen atoms in total. The van der Waals surface area contributed by atoms with E-state index in [4.69, 9.17) is 4.74 Å². The highest BCUT2D eigenvalue weighted by atomic mass is 16.5. The molecular weight excluding hydrogens is 184 g/mol. The Kier molecular flexibility index (Phi) is 3.24. The summed E-state index contributed by atoms with van der Waals surface area (Å²) in [5, 5.41) is 0. The molecule has 0 radical (unpaired) electrons. The second-order valence-corrected chi connectivity index (χ2v) is 3.39. The van der Waals surface area contributed by atoms with E-state index in [9.17, 15) is 9.59 Å². The summed E-state index contributed by atoms with van der Waals surface area (Å²) in [6.45, 7) is 3.94. The van der Waals surface area contributed by atoms with Gasteiger partial charge in [-0.25, -0.2) is 4.79 Å². The molecule has 0 aliphatic heterocycles. The van der Waals surface area contributed by atoms with Gasteiger partial charge in [-0.2, -0.15) is 0 Å². The zero-order chi connectivity index (χ0) is 10.7. The lowest BCUT2D eigenvalue weighted by Crippen LogP contribution is -2.32. The van der Waals surface area contributed by atoms with Gasteiger partial charge in [0.2, 0.25) is 0 Å². The maximum atomic E-state index is 11.3. The van der Waals surface area contributed by atoms with Crippen LogP contribution in [-0.4, -0.2) is 16.7 Å². The van der Waals surface area contributed by atoms with Crippen LogP contribution in [0.4, 0.5) is 0 Å². The number of ether oxygens (including phenoxy) is 1. The summed E-state index contributed by atoms with van der Waals surface area (Å²) in [4.78, 5) is 24.8. The van der Waals surface area contributed by atoms with Crippen LogP contribution in [0.15, 0.2) is 15.8 Å². The van der Waals surface area contributed by atoms with Crippen molar-refractivity contribution in [2.75, 3.05) is 7.11 Å². The first-order valence-corrected chi connectivity index (χ1v) is 4.39. The Labute approximate surface area is 81.3 Å². The third kappa shape index (κ3) is 2.11. The number of H-pyrrole nitrogens is 1. The average molecular weight is 198 g/mol. The fraction of sp³-hybridized carbons (Fsp3) is 0.556. The Morgan fingerprint density at radius 1 is 1.50 bits per heavy atom. The van der Waals surface area contributed by atoms with Gasteiger partial charge in [0.15, 0.2) is 0 Å². The highest BCUT2D eigenvalue weighted by Gasteiger charge is 2.07. The van der Waals surface area contributed by atoms with Gasteiger partial charge in [-0.15, -0.1) is 0 Å². The number of hydrogen-bond acceptors (Lipinski definition) is 3. The second-order valence-electron chi connectivity index (χ2n) is 3.39. The lowest BCUT2D eigenvalue weighted by molar-refractivity contribution is 0.126. The molecule has 0 aliphatic carbocycles. The van der Waals surface area contributed by atoms with Crippen molar-refractivity contribution in [1.82, 2.24) is 9.55 Å². The van der Waals surface area contributed by atoms with E-state index < -0.39 is 5.69 Å². The summed E-state index contributed by atoms with van der Waals surface area (Å²) in [6.07, 6.45) is 1.54. The lowest BCUT2D eigenvalue weighted by atomic mass is 10.1. The molecule has 0 unspecified atom stereocenters. The minimum atomic E-state index is -0.443. The predicted molar refractivity (Wildman–Crippen MR) is 52.4 cm³/mol. The highest BCUT2D eigenvalue weighted by molar-refractivity contribution is 5.08. The first-order valence-electron chi connectivity index (χ1n) is 4.39. The molecular formula is C9H14N2O3. The van der Waals surface area contributed by atoms with Crippen molar-refractivity contribution in [3.8, 4) is 0 Å². The summed E-state index contributed by atoms with van der Waals surface area (Å²) in [5.74, 6) is 0.0856. The smallest absolute Gasteiger partial charge is 0.330 e. The summed E-state index contributed by atoms with van der Waals surface area (Å²) in [7, 11) is 1.49. The van der Waals surface area contributed by atoms with Gasteiger partial charge in [0.05, 0.1) is 0 Å². The monoisotopic (exact) mass is 198 g/mol. The molecule has 0 amide bonds. The largest absolute Gasteiger partial charge is 0.364 e. The minimum absolute atomic E-state index is 0.0856. The van der Waals surface area contributed by atoms with Crippen LogP contribution in [0.2, 0.25) is 0 Å². The number of methoxy groups -OCH3 is 1. The van der Waals surface area contributed by atoms with E-state index in [2.05, 4.69) is 4.98 Å². The number of nitrogens with one attached hydrogen (secondary N) is 1. The molecule has 1 aromatic heterocycles.